The molecular formula is C15H16N4S2. The highest BCUT2D eigenvalue weighted by Gasteiger charge is 2.11. The number of aryl methyl sites for hydroxylation is 1. The van der Waals surface area contributed by atoms with Crippen LogP contribution in [0.5, 0.6) is 0 Å². The number of benzene rings is 1. The number of hydrogen-bond donors (Lipinski definition) is 2. The van der Waals surface area contributed by atoms with Crippen molar-refractivity contribution < 1.29 is 0 Å². The second-order valence-corrected chi connectivity index (χ2v) is 6.56. The molecule has 0 aliphatic heterocycles. The highest BCUT2D eigenvalue weighted by molar-refractivity contribution is 7.19. The molecule has 3 rings (SSSR count). The molecule has 3 N–H and O–H groups in total. The number of nitrogens with two attached hydrogens (primary N) is 1. The molecule has 0 saturated carbocycles. The molecule has 0 bridgehead atoms. The Labute approximate surface area is 131 Å². The van der Waals surface area contributed by atoms with Gasteiger partial charge in [0.1, 0.15) is 0 Å². The number of nitrogens with one attached hydrogen (secondary N) is 1. The molecule has 0 unspecified atom stereocenters. The van der Waals surface area contributed by atoms with Crippen LogP contribution in [0.4, 0.5) is 10.3 Å². The predicted octanol–water partition coefficient (Wildman–Crippen LogP) is 3.81. The number of anilines is 2. The summed E-state index contributed by atoms with van der Waals surface area (Å²) in [5.74, 6) is 0. The highest BCUT2D eigenvalue weighted by Crippen LogP contribution is 2.33. The number of aromatic nitrogens is 2. The Bertz CT molecular complexity index is 718. The molecule has 0 saturated heterocycles. The van der Waals surface area contributed by atoms with Gasteiger partial charge in [-0.25, -0.2) is 9.97 Å². The van der Waals surface area contributed by atoms with E-state index in [-0.39, 0.29) is 0 Å². The van der Waals surface area contributed by atoms with Crippen molar-refractivity contribution in [1.29, 1.82) is 0 Å². The minimum atomic E-state index is 0.592. The molecule has 0 fully saturated rings. The van der Waals surface area contributed by atoms with Crippen molar-refractivity contribution in [1.82, 2.24) is 9.97 Å². The summed E-state index contributed by atoms with van der Waals surface area (Å²) in [4.78, 5) is 9.90. The molecule has 1 aromatic carbocycles. The van der Waals surface area contributed by atoms with Crippen LogP contribution in [0.1, 0.15) is 11.3 Å². The monoisotopic (exact) mass is 316 g/mol. The van der Waals surface area contributed by atoms with E-state index in [1.807, 2.05) is 18.4 Å². The first-order valence-electron chi connectivity index (χ1n) is 6.69. The van der Waals surface area contributed by atoms with Crippen molar-refractivity contribution in [2.24, 2.45) is 0 Å². The molecule has 0 spiro atoms. The van der Waals surface area contributed by atoms with E-state index in [0.717, 1.165) is 34.4 Å². The van der Waals surface area contributed by atoms with Gasteiger partial charge in [-0.05, 0) is 18.9 Å². The molecule has 0 aliphatic carbocycles. The van der Waals surface area contributed by atoms with Crippen LogP contribution in [-0.4, -0.2) is 16.5 Å². The van der Waals surface area contributed by atoms with Crippen molar-refractivity contribution in [3.63, 3.8) is 0 Å². The predicted molar refractivity (Wildman–Crippen MR) is 91.0 cm³/mol. The number of nitrogens with zero attached hydrogens (tertiary/aromatic N) is 2. The lowest BCUT2D eigenvalue weighted by atomic mass is 10.2. The SMILES string of the molecule is Cc1nc(N)sc1-c1csc(NCCc2ccccc2)n1. The molecule has 21 heavy (non-hydrogen) atoms. The van der Waals surface area contributed by atoms with E-state index in [1.54, 1.807) is 11.3 Å². The average Bonchev–Trinajstić information content (AvgIpc) is 3.06. The van der Waals surface area contributed by atoms with Gasteiger partial charge >= 0.3 is 0 Å². The molecule has 4 nitrogen and oxygen atoms in total. The van der Waals surface area contributed by atoms with Gasteiger partial charge < -0.3 is 11.1 Å². The molecule has 0 amide bonds. The number of thiazole rings is 2. The summed E-state index contributed by atoms with van der Waals surface area (Å²) in [6, 6.07) is 10.4. The van der Waals surface area contributed by atoms with Gasteiger partial charge in [-0.1, -0.05) is 41.7 Å². The summed E-state index contributed by atoms with van der Waals surface area (Å²) in [5, 5.41) is 6.95. The fourth-order valence-electron chi connectivity index (χ4n) is 2.07. The van der Waals surface area contributed by atoms with Crippen LogP contribution >= 0.6 is 22.7 Å². The molecule has 2 aromatic heterocycles. The molecule has 0 aliphatic rings. The van der Waals surface area contributed by atoms with Gasteiger partial charge in [0.15, 0.2) is 10.3 Å². The average molecular weight is 316 g/mol. The van der Waals surface area contributed by atoms with Gasteiger partial charge in [0.2, 0.25) is 0 Å². The lowest BCUT2D eigenvalue weighted by molar-refractivity contribution is 1.02. The lowest BCUT2D eigenvalue weighted by Gasteiger charge is -2.02. The van der Waals surface area contributed by atoms with Crippen molar-refractivity contribution >= 4 is 32.9 Å². The van der Waals surface area contributed by atoms with Crippen LogP contribution in [0, 0.1) is 6.92 Å². The van der Waals surface area contributed by atoms with Gasteiger partial charge in [0.05, 0.1) is 16.3 Å². The van der Waals surface area contributed by atoms with E-state index in [9.17, 15) is 0 Å². The Morgan fingerprint density at radius 1 is 1.19 bits per heavy atom. The van der Waals surface area contributed by atoms with Crippen LogP contribution in [0.3, 0.4) is 0 Å². The Kier molecular flexibility index (Phi) is 4.17. The number of hydrogen-bond acceptors (Lipinski definition) is 6. The summed E-state index contributed by atoms with van der Waals surface area (Å²) < 4.78 is 0. The maximum Gasteiger partial charge on any atom is 0.183 e. The zero-order valence-corrected chi connectivity index (χ0v) is 13.3. The van der Waals surface area contributed by atoms with Crippen molar-refractivity contribution in [2.75, 3.05) is 17.6 Å². The minimum Gasteiger partial charge on any atom is -0.375 e. The normalized spacial score (nSPS) is 10.7. The molecule has 108 valence electrons. The molecule has 2 heterocycles. The second kappa shape index (κ2) is 6.24. The first-order chi connectivity index (χ1) is 10.2. The molecular weight excluding hydrogens is 300 g/mol. The van der Waals surface area contributed by atoms with E-state index in [2.05, 4.69) is 39.6 Å². The van der Waals surface area contributed by atoms with Crippen molar-refractivity contribution in [2.45, 2.75) is 13.3 Å². The largest absolute Gasteiger partial charge is 0.375 e. The Morgan fingerprint density at radius 3 is 2.71 bits per heavy atom. The third-order valence-electron chi connectivity index (χ3n) is 3.08. The van der Waals surface area contributed by atoms with E-state index in [4.69, 9.17) is 5.73 Å². The van der Waals surface area contributed by atoms with Gasteiger partial charge in [0, 0.05) is 11.9 Å². The number of nitrogen functional groups attached to an aromatic ring is 1. The fraction of sp³-hybridized carbons (Fsp3) is 0.200. The maximum absolute atomic E-state index is 5.74. The summed E-state index contributed by atoms with van der Waals surface area (Å²) in [6.07, 6.45) is 0.988. The number of rotatable bonds is 5. The Hall–Kier alpha value is -1.92. The van der Waals surface area contributed by atoms with Gasteiger partial charge in [-0.3, -0.25) is 0 Å². The minimum absolute atomic E-state index is 0.592. The quantitative estimate of drug-likeness (QED) is 0.751. The smallest absolute Gasteiger partial charge is 0.183 e. The standard InChI is InChI=1S/C15H16N4S2/c1-10-13(21-14(16)18-10)12-9-20-15(19-12)17-8-7-11-5-3-2-4-6-11/h2-6,9H,7-8H2,1H3,(H2,16,18)(H,17,19). The van der Waals surface area contributed by atoms with Crippen molar-refractivity contribution in [3.8, 4) is 10.6 Å². The summed E-state index contributed by atoms with van der Waals surface area (Å²) in [6.45, 7) is 2.84. The van der Waals surface area contributed by atoms with E-state index < -0.39 is 0 Å². The summed E-state index contributed by atoms with van der Waals surface area (Å²) in [5.41, 5.74) is 8.96. The molecule has 6 heteroatoms. The highest BCUT2D eigenvalue weighted by atomic mass is 32.1. The topological polar surface area (TPSA) is 63.8 Å². The second-order valence-electron chi connectivity index (χ2n) is 4.67. The summed E-state index contributed by atoms with van der Waals surface area (Å²) in [7, 11) is 0. The molecule has 0 atom stereocenters. The van der Waals surface area contributed by atoms with Crippen LogP contribution in [-0.2, 0) is 6.42 Å². The Morgan fingerprint density at radius 2 is 2.00 bits per heavy atom. The fourth-order valence-corrected chi connectivity index (χ4v) is 3.67. The van der Waals surface area contributed by atoms with Crippen LogP contribution in [0.15, 0.2) is 35.7 Å². The van der Waals surface area contributed by atoms with Gasteiger partial charge in [0.25, 0.3) is 0 Å². The van der Waals surface area contributed by atoms with E-state index >= 15 is 0 Å². The van der Waals surface area contributed by atoms with Gasteiger partial charge in [-0.15, -0.1) is 11.3 Å². The van der Waals surface area contributed by atoms with Crippen LogP contribution in [0.2, 0.25) is 0 Å². The van der Waals surface area contributed by atoms with Gasteiger partial charge in [-0.2, -0.15) is 0 Å². The van der Waals surface area contributed by atoms with Crippen LogP contribution < -0.4 is 11.1 Å². The van der Waals surface area contributed by atoms with E-state index in [1.165, 1.54) is 16.9 Å². The molecule has 0 radical (unpaired) electrons. The summed E-state index contributed by atoms with van der Waals surface area (Å²) >= 11 is 3.10. The third-order valence-corrected chi connectivity index (χ3v) is 4.89. The molecule has 3 aromatic rings. The van der Waals surface area contributed by atoms with E-state index in [0.29, 0.717) is 5.13 Å². The Balaban J connectivity index is 1.62. The lowest BCUT2D eigenvalue weighted by Crippen LogP contribution is -2.04. The maximum atomic E-state index is 5.74. The zero-order chi connectivity index (χ0) is 14.7. The third kappa shape index (κ3) is 3.40. The zero-order valence-electron chi connectivity index (χ0n) is 11.7. The van der Waals surface area contributed by atoms with Crippen LogP contribution in [0.25, 0.3) is 10.6 Å². The first kappa shape index (κ1) is 14.0. The van der Waals surface area contributed by atoms with Crippen molar-refractivity contribution in [3.05, 3.63) is 47.0 Å². The first-order valence-corrected chi connectivity index (χ1v) is 8.38.